The molecule has 0 N–H and O–H groups in total. The fraction of sp³-hybridized carbons (Fsp3) is 0.611. The molecule has 0 saturated carbocycles. The Labute approximate surface area is 282 Å². The molecule has 0 saturated heterocycles. The Hall–Kier alpha value is -1.36. The molecule has 0 radical (unpaired) electrons. The second kappa shape index (κ2) is 40.8. The summed E-state index contributed by atoms with van der Waals surface area (Å²) >= 11 is 0. The average molecular weight is 595 g/mol. The third kappa shape index (κ3) is 48.7. The third-order valence-electron chi connectivity index (χ3n) is 6.16. The average Bonchev–Trinajstić information content (AvgIpc) is 2.93. The number of aliphatic carboxylic acids is 2. The number of hydrogen-bond donors (Lipinski definition) is 0. The fourth-order valence-electron chi connectivity index (χ4n) is 3.72. The van der Waals surface area contributed by atoms with Crippen molar-refractivity contribution in [2.45, 2.75) is 142 Å². The van der Waals surface area contributed by atoms with Crippen molar-refractivity contribution >= 4 is 49.7 Å². The van der Waals surface area contributed by atoms with Crippen LogP contribution in [0.15, 0.2) is 72.9 Å². The van der Waals surface area contributed by atoms with Crippen LogP contribution in [0.2, 0.25) is 0 Å². The maximum atomic E-state index is 10.2. The van der Waals surface area contributed by atoms with Crippen molar-refractivity contribution in [1.29, 1.82) is 0 Å². The van der Waals surface area contributed by atoms with E-state index in [0.29, 0.717) is 0 Å². The quantitative estimate of drug-likeness (QED) is 0.0573. The van der Waals surface area contributed by atoms with Gasteiger partial charge in [0.2, 0.25) is 0 Å². The van der Waals surface area contributed by atoms with Crippen molar-refractivity contribution in [2.75, 3.05) is 0 Å². The topological polar surface area (TPSA) is 80.3 Å². The molecule has 0 atom stereocenters. The molecular weight excluding hydrogens is 536 g/mol. The monoisotopic (exact) mass is 594 g/mol. The standard InChI is InChI=1S/2C18H30O2.Ca/c2*1-2-3-4-5-6-7-8-9-10-11-12-13-14-15-16-17-18(19)20;/h2*5-10H,2-4,11-17H2,1H3,(H,19,20);/q;;+2/p-2/b2*6-5+,8-7+,10-9-;. The predicted molar refractivity (Wildman–Crippen MR) is 174 cm³/mol. The van der Waals surface area contributed by atoms with Crippen LogP contribution in [0.3, 0.4) is 0 Å². The van der Waals surface area contributed by atoms with Gasteiger partial charge in [0.15, 0.2) is 0 Å². The molecule has 0 aromatic heterocycles. The van der Waals surface area contributed by atoms with Crippen molar-refractivity contribution in [2.24, 2.45) is 0 Å². The molecule has 0 heterocycles. The Morgan fingerprint density at radius 2 is 0.683 bits per heavy atom. The summed E-state index contributed by atoms with van der Waals surface area (Å²) < 4.78 is 0. The summed E-state index contributed by atoms with van der Waals surface area (Å²) in [7, 11) is 0. The van der Waals surface area contributed by atoms with Crippen LogP contribution in [-0.2, 0) is 9.59 Å². The van der Waals surface area contributed by atoms with Gasteiger partial charge in [0.1, 0.15) is 0 Å². The number of hydrogen-bond acceptors (Lipinski definition) is 4. The van der Waals surface area contributed by atoms with Gasteiger partial charge in [-0.3, -0.25) is 0 Å². The molecule has 0 aliphatic heterocycles. The Bertz CT molecular complexity index is 670. The molecule has 228 valence electrons. The van der Waals surface area contributed by atoms with Gasteiger partial charge in [0, 0.05) is 11.9 Å². The smallest absolute Gasteiger partial charge is 0.550 e. The number of unbranched alkanes of at least 4 members (excludes halogenated alkanes) is 14. The van der Waals surface area contributed by atoms with Crippen molar-refractivity contribution in [1.82, 2.24) is 0 Å². The van der Waals surface area contributed by atoms with Crippen molar-refractivity contribution in [3.8, 4) is 0 Å². The van der Waals surface area contributed by atoms with E-state index in [1.165, 1.54) is 64.2 Å². The normalized spacial score (nSPS) is 11.8. The van der Waals surface area contributed by atoms with Gasteiger partial charge in [-0.2, -0.15) is 0 Å². The van der Waals surface area contributed by atoms with Gasteiger partial charge in [0.05, 0.1) is 0 Å². The van der Waals surface area contributed by atoms with E-state index in [1.807, 2.05) is 0 Å². The van der Waals surface area contributed by atoms with Crippen molar-refractivity contribution in [3.05, 3.63) is 72.9 Å². The minimum atomic E-state index is -0.927. The van der Waals surface area contributed by atoms with Crippen LogP contribution in [-0.4, -0.2) is 49.7 Å². The Balaban J connectivity index is -0.000000688. The number of rotatable bonds is 26. The maximum Gasteiger partial charge on any atom is 2.00 e. The van der Waals surface area contributed by atoms with Gasteiger partial charge in [-0.25, -0.2) is 0 Å². The molecule has 41 heavy (non-hydrogen) atoms. The van der Waals surface area contributed by atoms with E-state index in [0.717, 1.165) is 51.4 Å². The predicted octanol–water partition coefficient (Wildman–Crippen LogP) is 8.27. The minimum absolute atomic E-state index is 0. The first kappa shape index (κ1) is 44.1. The molecule has 0 aromatic rings. The molecule has 0 fully saturated rings. The first-order valence-corrected chi connectivity index (χ1v) is 15.9. The summed E-state index contributed by atoms with van der Waals surface area (Å²) in [6.45, 7) is 4.41. The van der Waals surface area contributed by atoms with Crippen molar-refractivity contribution < 1.29 is 19.8 Å². The molecule has 0 rings (SSSR count). The first-order chi connectivity index (χ1) is 19.5. The molecular formula is C36H58CaO4. The zero-order valence-electron chi connectivity index (χ0n) is 26.4. The fourth-order valence-corrected chi connectivity index (χ4v) is 3.72. The molecule has 0 aliphatic carbocycles. The first-order valence-electron chi connectivity index (χ1n) is 15.9. The van der Waals surface area contributed by atoms with E-state index in [9.17, 15) is 19.8 Å². The zero-order valence-corrected chi connectivity index (χ0v) is 28.6. The second-order valence-corrected chi connectivity index (χ2v) is 10.1. The van der Waals surface area contributed by atoms with Gasteiger partial charge < -0.3 is 19.8 Å². The number of carboxylic acids is 2. The molecule has 0 bridgehead atoms. The molecule has 0 aliphatic rings. The summed E-state index contributed by atoms with van der Waals surface area (Å²) in [5.41, 5.74) is 0. The summed E-state index contributed by atoms with van der Waals surface area (Å²) in [6.07, 6.45) is 46.0. The van der Waals surface area contributed by atoms with E-state index < -0.39 is 11.9 Å². The van der Waals surface area contributed by atoms with Gasteiger partial charge in [-0.05, 0) is 64.2 Å². The Morgan fingerprint density at radius 1 is 0.415 bits per heavy atom. The Morgan fingerprint density at radius 3 is 0.976 bits per heavy atom. The maximum absolute atomic E-state index is 10.2. The number of carboxylic acid groups (broad SMARTS) is 2. The SMILES string of the molecule is CCCC/C=C/C=C/C=C\CCCCCCCC(=O)[O-].CCCC/C=C/C=C/C=C\CCCCCCCC(=O)[O-].[Ca+2]. The van der Waals surface area contributed by atoms with Crippen molar-refractivity contribution in [3.63, 3.8) is 0 Å². The van der Waals surface area contributed by atoms with E-state index in [-0.39, 0.29) is 50.6 Å². The van der Waals surface area contributed by atoms with Crippen LogP contribution in [0.5, 0.6) is 0 Å². The summed E-state index contributed by atoms with van der Waals surface area (Å²) in [6, 6.07) is 0. The molecule has 0 unspecified atom stereocenters. The van der Waals surface area contributed by atoms with Gasteiger partial charge in [-0.1, -0.05) is 151 Å². The van der Waals surface area contributed by atoms with Crippen LogP contribution in [0.25, 0.3) is 0 Å². The summed E-state index contributed by atoms with van der Waals surface area (Å²) in [5.74, 6) is -1.85. The molecule has 0 spiro atoms. The molecule has 0 amide bonds. The summed E-state index contributed by atoms with van der Waals surface area (Å²) in [5, 5.41) is 20.4. The number of carbonyl (C=O) groups is 2. The minimum Gasteiger partial charge on any atom is -0.550 e. The van der Waals surface area contributed by atoms with Crippen LogP contribution in [0.4, 0.5) is 0 Å². The van der Waals surface area contributed by atoms with E-state index >= 15 is 0 Å². The van der Waals surface area contributed by atoms with Crippen LogP contribution < -0.4 is 10.2 Å². The molecule has 4 nitrogen and oxygen atoms in total. The van der Waals surface area contributed by atoms with Crippen LogP contribution in [0.1, 0.15) is 142 Å². The number of allylic oxidation sites excluding steroid dienone is 12. The molecule has 0 aromatic carbocycles. The zero-order chi connectivity index (χ0) is 29.8. The van der Waals surface area contributed by atoms with Crippen LogP contribution >= 0.6 is 0 Å². The van der Waals surface area contributed by atoms with Gasteiger partial charge in [-0.15, -0.1) is 0 Å². The van der Waals surface area contributed by atoms with E-state index in [4.69, 9.17) is 0 Å². The molecule has 5 heteroatoms. The second-order valence-electron chi connectivity index (χ2n) is 10.1. The Kier molecular flexibility index (Phi) is 43.8. The largest absolute Gasteiger partial charge is 2.00 e. The number of carbonyl (C=O) groups excluding carboxylic acids is 2. The van der Waals surface area contributed by atoms with E-state index in [2.05, 4.69) is 86.8 Å². The van der Waals surface area contributed by atoms with Crippen LogP contribution in [0, 0.1) is 0 Å². The third-order valence-corrected chi connectivity index (χ3v) is 6.16. The van der Waals surface area contributed by atoms with Gasteiger partial charge in [0.25, 0.3) is 0 Å². The van der Waals surface area contributed by atoms with E-state index in [1.54, 1.807) is 0 Å². The summed E-state index contributed by atoms with van der Waals surface area (Å²) in [4.78, 5) is 20.4. The van der Waals surface area contributed by atoms with Gasteiger partial charge >= 0.3 is 37.7 Å².